The van der Waals surface area contributed by atoms with E-state index in [4.69, 9.17) is 4.74 Å². The van der Waals surface area contributed by atoms with Crippen LogP contribution in [0.25, 0.3) is 0 Å². The van der Waals surface area contributed by atoms with Gasteiger partial charge in [-0.2, -0.15) is 18.3 Å². The van der Waals surface area contributed by atoms with Gasteiger partial charge in [-0.3, -0.25) is 19.1 Å². The van der Waals surface area contributed by atoms with Crippen LogP contribution in [0.5, 0.6) is 5.75 Å². The predicted molar refractivity (Wildman–Crippen MR) is 101 cm³/mol. The average Bonchev–Trinajstić information content (AvgIpc) is 2.98. The Labute approximate surface area is 170 Å². The van der Waals surface area contributed by atoms with Gasteiger partial charge in [0, 0.05) is 44.8 Å². The molecule has 2 aromatic rings. The first kappa shape index (κ1) is 22.9. The number of hydrogen-bond acceptors (Lipinski definition) is 5. The fourth-order valence-electron chi connectivity index (χ4n) is 2.54. The average molecular weight is 426 g/mol. The van der Waals surface area contributed by atoms with E-state index in [1.165, 1.54) is 50.2 Å². The van der Waals surface area contributed by atoms with Gasteiger partial charge in [0.05, 0.1) is 13.0 Å². The van der Waals surface area contributed by atoms with Crippen LogP contribution in [0.2, 0.25) is 0 Å². The van der Waals surface area contributed by atoms with Gasteiger partial charge in [-0.1, -0.05) is 6.07 Å². The number of nitrogens with zero attached hydrogens (tertiary/aromatic N) is 3. The van der Waals surface area contributed by atoms with Crippen molar-refractivity contribution in [2.24, 2.45) is 0 Å². The summed E-state index contributed by atoms with van der Waals surface area (Å²) in [6, 6.07) is 6.86. The molecular formula is C19H21F3N4O4. The van der Waals surface area contributed by atoms with Gasteiger partial charge >= 0.3 is 12.1 Å². The number of aryl methyl sites for hydroxylation is 1. The maximum atomic E-state index is 12.9. The smallest absolute Gasteiger partial charge is 0.394 e. The molecule has 0 saturated carbocycles. The second kappa shape index (κ2) is 9.42. The van der Waals surface area contributed by atoms with Crippen LogP contribution in [-0.4, -0.2) is 52.7 Å². The molecule has 2 amide bonds. The zero-order valence-corrected chi connectivity index (χ0v) is 16.6. The Morgan fingerprint density at radius 2 is 1.90 bits per heavy atom. The van der Waals surface area contributed by atoms with Crippen LogP contribution < -0.4 is 10.1 Å². The maximum absolute atomic E-state index is 12.9. The third-order valence-corrected chi connectivity index (χ3v) is 3.88. The van der Waals surface area contributed by atoms with E-state index in [0.717, 1.165) is 10.7 Å². The highest BCUT2D eigenvalue weighted by atomic mass is 19.4. The van der Waals surface area contributed by atoms with Crippen molar-refractivity contribution in [3.8, 4) is 5.75 Å². The van der Waals surface area contributed by atoms with Crippen LogP contribution in [0, 0.1) is 0 Å². The second-order valence-corrected chi connectivity index (χ2v) is 6.65. The number of nitrogens with one attached hydrogen (secondary N) is 1. The summed E-state index contributed by atoms with van der Waals surface area (Å²) in [5.74, 6) is -1.40. The highest BCUT2D eigenvalue weighted by Gasteiger charge is 2.30. The Hall–Kier alpha value is -3.37. The lowest BCUT2D eigenvalue weighted by Gasteiger charge is -2.12. The lowest BCUT2D eigenvalue weighted by Crippen LogP contribution is -2.24. The molecule has 0 fully saturated rings. The van der Waals surface area contributed by atoms with Gasteiger partial charge < -0.3 is 15.0 Å². The van der Waals surface area contributed by atoms with Crippen LogP contribution in [0.3, 0.4) is 0 Å². The van der Waals surface area contributed by atoms with Crippen molar-refractivity contribution in [3.05, 3.63) is 41.6 Å². The van der Waals surface area contributed by atoms with E-state index < -0.39 is 24.5 Å². The Balaban J connectivity index is 2.20. The summed E-state index contributed by atoms with van der Waals surface area (Å²) >= 11 is 0. The Morgan fingerprint density at radius 3 is 2.50 bits per heavy atom. The first-order valence-corrected chi connectivity index (χ1v) is 8.88. The van der Waals surface area contributed by atoms with Crippen molar-refractivity contribution in [2.75, 3.05) is 19.4 Å². The second-order valence-electron chi connectivity index (χ2n) is 6.65. The molecule has 1 aromatic carbocycles. The number of halogens is 3. The number of carbonyl (C=O) groups excluding carboxylic acids is 3. The van der Waals surface area contributed by atoms with Gasteiger partial charge in [0.25, 0.3) is 5.91 Å². The summed E-state index contributed by atoms with van der Waals surface area (Å²) in [5.41, 5.74) is -0.0542. The fourth-order valence-corrected chi connectivity index (χ4v) is 2.54. The number of anilines is 1. The van der Waals surface area contributed by atoms with Gasteiger partial charge in [0.1, 0.15) is 5.75 Å². The minimum absolute atomic E-state index is 0.0443. The summed E-state index contributed by atoms with van der Waals surface area (Å²) in [5, 5.41) is 6.41. The molecule has 0 atom stereocenters. The number of ether oxygens (including phenoxy) is 1. The molecule has 11 heteroatoms. The molecule has 0 radical (unpaired) electrons. The Morgan fingerprint density at radius 1 is 1.20 bits per heavy atom. The quantitative estimate of drug-likeness (QED) is 0.543. The van der Waals surface area contributed by atoms with Crippen molar-refractivity contribution < 1.29 is 32.3 Å². The van der Waals surface area contributed by atoms with Crippen LogP contribution in [0.1, 0.15) is 29.4 Å². The van der Waals surface area contributed by atoms with Gasteiger partial charge in [-0.05, 0) is 18.2 Å². The maximum Gasteiger partial charge on any atom is 0.394 e. The minimum Gasteiger partial charge on any atom is -0.427 e. The lowest BCUT2D eigenvalue weighted by atomic mass is 10.2. The van der Waals surface area contributed by atoms with E-state index in [9.17, 15) is 27.6 Å². The van der Waals surface area contributed by atoms with Gasteiger partial charge in [-0.25, -0.2) is 0 Å². The van der Waals surface area contributed by atoms with Crippen LogP contribution in [-0.2, 0) is 22.6 Å². The van der Waals surface area contributed by atoms with E-state index in [1.807, 2.05) is 0 Å². The zero-order chi connectivity index (χ0) is 22.5. The minimum atomic E-state index is -4.48. The summed E-state index contributed by atoms with van der Waals surface area (Å²) in [4.78, 5) is 36.5. The van der Waals surface area contributed by atoms with Gasteiger partial charge in [0.2, 0.25) is 5.91 Å². The molecule has 1 aromatic heterocycles. The molecule has 0 aliphatic rings. The van der Waals surface area contributed by atoms with Crippen LogP contribution in [0.15, 0.2) is 30.3 Å². The summed E-state index contributed by atoms with van der Waals surface area (Å²) in [6.07, 6.45) is -5.78. The van der Waals surface area contributed by atoms with E-state index in [-0.39, 0.29) is 41.7 Å². The number of hydrogen-bond donors (Lipinski definition) is 1. The predicted octanol–water partition coefficient (Wildman–Crippen LogP) is 2.64. The Kier molecular flexibility index (Phi) is 7.19. The molecule has 0 bridgehead atoms. The number of rotatable bonds is 7. The number of benzene rings is 1. The van der Waals surface area contributed by atoms with E-state index in [2.05, 4.69) is 10.4 Å². The third kappa shape index (κ3) is 6.90. The topological polar surface area (TPSA) is 93.5 Å². The van der Waals surface area contributed by atoms with Crippen molar-refractivity contribution in [1.82, 2.24) is 14.7 Å². The lowest BCUT2D eigenvalue weighted by molar-refractivity contribution is -0.132. The monoisotopic (exact) mass is 426 g/mol. The SMILES string of the molecule is CC(=O)Oc1cccc(C(=O)Nc2cc(CC(F)(F)F)n(CCC(=O)N(C)C)n2)c1. The highest BCUT2D eigenvalue weighted by Crippen LogP contribution is 2.24. The number of carbonyl (C=O) groups is 3. The molecule has 8 nitrogen and oxygen atoms in total. The van der Waals surface area contributed by atoms with Crippen molar-refractivity contribution in [3.63, 3.8) is 0 Å². The molecule has 162 valence electrons. The summed E-state index contributed by atoms with van der Waals surface area (Å²) in [7, 11) is 3.08. The van der Waals surface area contributed by atoms with E-state index in [0.29, 0.717) is 0 Å². The molecule has 30 heavy (non-hydrogen) atoms. The molecule has 1 heterocycles. The van der Waals surface area contributed by atoms with Crippen LogP contribution >= 0.6 is 0 Å². The first-order chi connectivity index (χ1) is 13.9. The third-order valence-electron chi connectivity index (χ3n) is 3.88. The number of aromatic nitrogens is 2. The molecule has 0 spiro atoms. The van der Waals surface area contributed by atoms with Crippen molar-refractivity contribution in [2.45, 2.75) is 32.5 Å². The number of amides is 2. The molecule has 0 aliphatic heterocycles. The van der Waals surface area contributed by atoms with Crippen LogP contribution in [0.4, 0.5) is 19.0 Å². The zero-order valence-electron chi connectivity index (χ0n) is 16.6. The highest BCUT2D eigenvalue weighted by molar-refractivity contribution is 6.04. The standard InChI is InChI=1S/C19H21F3N4O4/c1-12(27)30-15-6-4-5-13(9-15)18(29)23-16-10-14(11-19(20,21)22)26(24-16)8-7-17(28)25(2)3/h4-6,9-10H,7-8,11H2,1-3H3,(H,23,24,29). The number of alkyl halides is 3. The molecule has 0 aliphatic carbocycles. The molecule has 0 unspecified atom stereocenters. The fraction of sp³-hybridized carbons (Fsp3) is 0.368. The van der Waals surface area contributed by atoms with E-state index >= 15 is 0 Å². The molecule has 1 N–H and O–H groups in total. The van der Waals surface area contributed by atoms with Crippen molar-refractivity contribution >= 4 is 23.6 Å². The molecule has 0 saturated heterocycles. The van der Waals surface area contributed by atoms with E-state index in [1.54, 1.807) is 0 Å². The largest absolute Gasteiger partial charge is 0.427 e. The van der Waals surface area contributed by atoms with Gasteiger partial charge in [0.15, 0.2) is 5.82 Å². The van der Waals surface area contributed by atoms with Crippen molar-refractivity contribution in [1.29, 1.82) is 0 Å². The normalized spacial score (nSPS) is 11.1. The summed E-state index contributed by atoms with van der Waals surface area (Å²) in [6.45, 7) is 1.14. The molecule has 2 rings (SSSR count). The van der Waals surface area contributed by atoms with Gasteiger partial charge in [-0.15, -0.1) is 0 Å². The number of esters is 1. The molecular weight excluding hydrogens is 405 g/mol. The summed E-state index contributed by atoms with van der Waals surface area (Å²) < 4.78 is 44.6. The first-order valence-electron chi connectivity index (χ1n) is 8.88. The Bertz CT molecular complexity index is 938.